The maximum Gasteiger partial charge on any atom is 0.233 e. The van der Waals surface area contributed by atoms with E-state index in [2.05, 4.69) is 35.8 Å². The number of benzene rings is 1. The average Bonchev–Trinajstić information content (AvgIpc) is 3.06. The van der Waals surface area contributed by atoms with E-state index in [-0.39, 0.29) is 5.41 Å². The highest BCUT2D eigenvalue weighted by Crippen LogP contribution is 2.43. The molecule has 0 aromatic heterocycles. The van der Waals surface area contributed by atoms with Crippen LogP contribution >= 0.6 is 11.6 Å². The van der Waals surface area contributed by atoms with Crippen molar-refractivity contribution in [3.8, 4) is 0 Å². The van der Waals surface area contributed by atoms with E-state index >= 15 is 0 Å². The number of halogens is 1. The summed E-state index contributed by atoms with van der Waals surface area (Å²) in [6.07, 6.45) is 4.22. The molecule has 1 saturated heterocycles. The van der Waals surface area contributed by atoms with Crippen LogP contribution in [0.15, 0.2) is 24.3 Å². The minimum absolute atomic E-state index is 0.315. The molecule has 1 amide bonds. The Kier molecular flexibility index (Phi) is 4.98. The van der Waals surface area contributed by atoms with E-state index in [0.29, 0.717) is 11.9 Å². The van der Waals surface area contributed by atoms with E-state index in [9.17, 15) is 4.79 Å². The van der Waals surface area contributed by atoms with E-state index < -0.39 is 0 Å². The first kappa shape index (κ1) is 16.8. The van der Waals surface area contributed by atoms with Crippen molar-refractivity contribution in [2.45, 2.75) is 51.0 Å². The molecule has 0 bridgehead atoms. The van der Waals surface area contributed by atoms with Crippen molar-refractivity contribution in [3.05, 3.63) is 34.9 Å². The van der Waals surface area contributed by atoms with Gasteiger partial charge in [-0.05, 0) is 44.4 Å². The Morgan fingerprint density at radius 1 is 1.04 bits per heavy atom. The van der Waals surface area contributed by atoms with Gasteiger partial charge < -0.3 is 4.90 Å². The second kappa shape index (κ2) is 6.82. The zero-order valence-electron chi connectivity index (χ0n) is 14.2. The first-order valence-corrected chi connectivity index (χ1v) is 9.20. The van der Waals surface area contributed by atoms with Gasteiger partial charge in [0.1, 0.15) is 0 Å². The number of nitrogens with zero attached hydrogens (tertiary/aromatic N) is 2. The molecule has 1 saturated carbocycles. The lowest BCUT2D eigenvalue weighted by molar-refractivity contribution is -0.139. The lowest BCUT2D eigenvalue weighted by Gasteiger charge is -2.41. The lowest BCUT2D eigenvalue weighted by atomic mass is 9.77. The normalized spacial score (nSPS) is 21.8. The molecule has 1 aromatic carbocycles. The number of carbonyl (C=O) groups excluding carboxylic acids is 1. The first-order valence-electron chi connectivity index (χ1n) is 8.82. The molecule has 1 heterocycles. The number of amides is 1. The number of hydrogen-bond donors (Lipinski definition) is 0. The third-order valence-electron chi connectivity index (χ3n) is 5.60. The Morgan fingerprint density at radius 3 is 2.13 bits per heavy atom. The summed E-state index contributed by atoms with van der Waals surface area (Å²) in [7, 11) is 0. The second-order valence-electron chi connectivity index (χ2n) is 7.22. The van der Waals surface area contributed by atoms with Gasteiger partial charge in [-0.25, -0.2) is 0 Å². The van der Waals surface area contributed by atoms with Gasteiger partial charge in [-0.15, -0.1) is 0 Å². The summed E-state index contributed by atoms with van der Waals surface area (Å²) < 4.78 is 0. The van der Waals surface area contributed by atoms with Gasteiger partial charge in [0.2, 0.25) is 5.91 Å². The molecule has 0 unspecified atom stereocenters. The van der Waals surface area contributed by atoms with Crippen molar-refractivity contribution in [2.75, 3.05) is 26.2 Å². The van der Waals surface area contributed by atoms with Gasteiger partial charge in [0.25, 0.3) is 0 Å². The molecule has 0 spiro atoms. The minimum Gasteiger partial charge on any atom is -0.339 e. The fourth-order valence-electron chi connectivity index (χ4n) is 4.12. The van der Waals surface area contributed by atoms with E-state index in [4.69, 9.17) is 11.6 Å². The molecule has 0 radical (unpaired) electrons. The van der Waals surface area contributed by atoms with Crippen LogP contribution in [-0.2, 0) is 10.2 Å². The van der Waals surface area contributed by atoms with Crippen molar-refractivity contribution in [3.63, 3.8) is 0 Å². The molecule has 1 aliphatic heterocycles. The van der Waals surface area contributed by atoms with Crippen LogP contribution in [-0.4, -0.2) is 47.9 Å². The second-order valence-corrected chi connectivity index (χ2v) is 7.65. The lowest BCUT2D eigenvalue weighted by Crippen LogP contribution is -2.55. The van der Waals surface area contributed by atoms with Gasteiger partial charge in [-0.1, -0.05) is 36.6 Å². The molecule has 126 valence electrons. The number of piperazine rings is 1. The quantitative estimate of drug-likeness (QED) is 0.841. The standard InChI is InChI=1S/C19H27ClN2O/c1-15(2)21-11-13-22(14-12-21)18(23)19(9-3-4-10-19)16-5-7-17(20)8-6-16/h5-8,15H,3-4,9-14H2,1-2H3. The topological polar surface area (TPSA) is 23.6 Å². The van der Waals surface area contributed by atoms with E-state index in [1.165, 1.54) is 0 Å². The number of carbonyl (C=O) groups is 1. The van der Waals surface area contributed by atoms with Gasteiger partial charge in [0, 0.05) is 37.2 Å². The average molecular weight is 335 g/mol. The highest BCUT2D eigenvalue weighted by Gasteiger charge is 2.45. The third kappa shape index (κ3) is 3.27. The van der Waals surface area contributed by atoms with Crippen LogP contribution < -0.4 is 0 Å². The van der Waals surface area contributed by atoms with Crippen molar-refractivity contribution in [2.24, 2.45) is 0 Å². The SMILES string of the molecule is CC(C)N1CCN(C(=O)C2(c3ccc(Cl)cc3)CCCC2)CC1. The Labute approximate surface area is 144 Å². The summed E-state index contributed by atoms with van der Waals surface area (Å²) >= 11 is 6.04. The molecule has 2 aliphatic rings. The first-order chi connectivity index (χ1) is 11.0. The van der Waals surface area contributed by atoms with Crippen molar-refractivity contribution in [1.82, 2.24) is 9.80 Å². The van der Waals surface area contributed by atoms with E-state index in [1.807, 2.05) is 12.1 Å². The van der Waals surface area contributed by atoms with E-state index in [1.54, 1.807) is 0 Å². The van der Waals surface area contributed by atoms with Crippen LogP contribution in [0.4, 0.5) is 0 Å². The van der Waals surface area contributed by atoms with Gasteiger partial charge in [-0.2, -0.15) is 0 Å². The molecular weight excluding hydrogens is 308 g/mol. The molecule has 4 heteroatoms. The van der Waals surface area contributed by atoms with Crippen molar-refractivity contribution >= 4 is 17.5 Å². The summed E-state index contributed by atoms with van der Waals surface area (Å²) in [4.78, 5) is 17.9. The predicted octanol–water partition coefficient (Wildman–Crippen LogP) is 3.70. The van der Waals surface area contributed by atoms with Crippen LogP contribution in [0.2, 0.25) is 5.02 Å². The molecule has 0 atom stereocenters. The highest BCUT2D eigenvalue weighted by atomic mass is 35.5. The summed E-state index contributed by atoms with van der Waals surface area (Å²) in [5.74, 6) is 0.334. The Hall–Kier alpha value is -1.06. The summed E-state index contributed by atoms with van der Waals surface area (Å²) in [6.45, 7) is 8.13. The van der Waals surface area contributed by atoms with Crippen LogP contribution in [0.3, 0.4) is 0 Å². The van der Waals surface area contributed by atoms with Gasteiger partial charge in [0.15, 0.2) is 0 Å². The minimum atomic E-state index is -0.315. The van der Waals surface area contributed by atoms with Crippen LogP contribution in [0, 0.1) is 0 Å². The number of rotatable bonds is 3. The van der Waals surface area contributed by atoms with Gasteiger partial charge in [-0.3, -0.25) is 9.69 Å². The van der Waals surface area contributed by atoms with Crippen molar-refractivity contribution < 1.29 is 4.79 Å². The summed E-state index contributed by atoms with van der Waals surface area (Å²) in [5.41, 5.74) is 0.834. The largest absolute Gasteiger partial charge is 0.339 e. The van der Waals surface area contributed by atoms with Gasteiger partial charge in [0.05, 0.1) is 5.41 Å². The zero-order valence-corrected chi connectivity index (χ0v) is 15.0. The van der Waals surface area contributed by atoms with Crippen molar-refractivity contribution in [1.29, 1.82) is 0 Å². The molecule has 1 aromatic rings. The molecule has 0 N–H and O–H groups in total. The zero-order chi connectivity index (χ0) is 16.4. The fourth-order valence-corrected chi connectivity index (χ4v) is 4.24. The smallest absolute Gasteiger partial charge is 0.233 e. The fraction of sp³-hybridized carbons (Fsp3) is 0.632. The molecule has 1 aliphatic carbocycles. The monoisotopic (exact) mass is 334 g/mol. The molecular formula is C19H27ClN2O. The molecule has 2 fully saturated rings. The molecule has 3 rings (SSSR count). The van der Waals surface area contributed by atoms with E-state index in [0.717, 1.165) is 62.4 Å². The Bertz CT molecular complexity index is 541. The Balaban J connectivity index is 1.79. The maximum absolute atomic E-state index is 13.4. The Morgan fingerprint density at radius 2 is 1.61 bits per heavy atom. The third-order valence-corrected chi connectivity index (χ3v) is 5.85. The van der Waals surface area contributed by atoms with Crippen LogP contribution in [0.1, 0.15) is 45.1 Å². The predicted molar refractivity (Wildman–Crippen MR) is 94.9 cm³/mol. The van der Waals surface area contributed by atoms with Gasteiger partial charge >= 0.3 is 0 Å². The van der Waals surface area contributed by atoms with Crippen LogP contribution in [0.25, 0.3) is 0 Å². The summed E-state index contributed by atoms with van der Waals surface area (Å²) in [5, 5.41) is 0.736. The molecule has 23 heavy (non-hydrogen) atoms. The highest BCUT2D eigenvalue weighted by molar-refractivity contribution is 6.30. The molecule has 3 nitrogen and oxygen atoms in total. The number of hydrogen-bond acceptors (Lipinski definition) is 2. The summed E-state index contributed by atoms with van der Waals surface area (Å²) in [6, 6.07) is 8.50. The van der Waals surface area contributed by atoms with Crippen LogP contribution in [0.5, 0.6) is 0 Å². The maximum atomic E-state index is 13.4.